The van der Waals surface area contributed by atoms with Gasteiger partial charge in [-0.05, 0) is 52.7 Å². The van der Waals surface area contributed by atoms with Gasteiger partial charge in [-0.25, -0.2) is 13.2 Å². The quantitative estimate of drug-likeness (QED) is 0.837. The summed E-state index contributed by atoms with van der Waals surface area (Å²) in [6.45, 7) is 7.82. The van der Waals surface area contributed by atoms with E-state index in [1.165, 1.54) is 25.2 Å². The second-order valence-electron chi connectivity index (χ2n) is 6.32. The monoisotopic (exact) mass is 358 g/mol. The first kappa shape index (κ1) is 19.0. The van der Waals surface area contributed by atoms with E-state index in [0.717, 1.165) is 38.9 Å². The molecule has 8 heteroatoms. The van der Waals surface area contributed by atoms with Crippen LogP contribution in [-0.4, -0.2) is 61.4 Å². The zero-order chi connectivity index (χ0) is 18.1. The van der Waals surface area contributed by atoms with E-state index < -0.39 is 16.0 Å². The summed E-state index contributed by atoms with van der Waals surface area (Å²) in [5.74, 6) is -1.04. The molecule has 0 aromatic carbocycles. The minimum Gasteiger partial charge on any atom is -0.478 e. The van der Waals surface area contributed by atoms with Crippen molar-refractivity contribution in [2.75, 3.05) is 26.7 Å². The standard InChI is InChI=1S/C16H26N2O5S/c1-5-8-18-9-6-13(7-10-18)17(4)24(21,22)15-12(3)23-11(2)14(15)16(19)20/h13H,5-10H2,1-4H3,(H,19,20). The highest BCUT2D eigenvalue weighted by atomic mass is 32.2. The van der Waals surface area contributed by atoms with Gasteiger partial charge >= 0.3 is 5.97 Å². The summed E-state index contributed by atoms with van der Waals surface area (Å²) in [5, 5.41) is 9.36. The van der Waals surface area contributed by atoms with Gasteiger partial charge in [0.2, 0.25) is 10.0 Å². The molecular formula is C16H26N2O5S. The van der Waals surface area contributed by atoms with Crippen molar-refractivity contribution >= 4 is 16.0 Å². The molecule has 0 amide bonds. The van der Waals surface area contributed by atoms with Crippen LogP contribution >= 0.6 is 0 Å². The highest BCUT2D eigenvalue weighted by Crippen LogP contribution is 2.31. The van der Waals surface area contributed by atoms with Crippen LogP contribution in [0.25, 0.3) is 0 Å². The van der Waals surface area contributed by atoms with E-state index in [2.05, 4.69) is 11.8 Å². The van der Waals surface area contributed by atoms with Crippen LogP contribution in [0.5, 0.6) is 0 Å². The molecular weight excluding hydrogens is 332 g/mol. The molecule has 24 heavy (non-hydrogen) atoms. The Hall–Kier alpha value is -1.38. The number of nitrogens with zero attached hydrogens (tertiary/aromatic N) is 2. The predicted octanol–water partition coefficient (Wildman–Crippen LogP) is 2.09. The number of carbonyl (C=O) groups is 1. The molecule has 0 radical (unpaired) electrons. The van der Waals surface area contributed by atoms with E-state index in [1.54, 1.807) is 0 Å². The zero-order valence-corrected chi connectivity index (χ0v) is 15.5. The van der Waals surface area contributed by atoms with Crippen LogP contribution in [0.3, 0.4) is 0 Å². The zero-order valence-electron chi connectivity index (χ0n) is 14.7. The van der Waals surface area contributed by atoms with Crippen LogP contribution in [0.1, 0.15) is 48.1 Å². The Kier molecular flexibility index (Phi) is 5.72. The van der Waals surface area contributed by atoms with Crippen molar-refractivity contribution in [3.05, 3.63) is 17.1 Å². The van der Waals surface area contributed by atoms with Crippen molar-refractivity contribution in [2.45, 2.75) is 51.0 Å². The maximum atomic E-state index is 13.0. The van der Waals surface area contributed by atoms with E-state index >= 15 is 0 Å². The number of sulfonamides is 1. The first-order chi connectivity index (χ1) is 11.2. The smallest absolute Gasteiger partial charge is 0.340 e. The molecule has 0 aliphatic carbocycles. The number of hydrogen-bond acceptors (Lipinski definition) is 5. The summed E-state index contributed by atoms with van der Waals surface area (Å²) < 4.78 is 32.6. The molecule has 1 aliphatic heterocycles. The fourth-order valence-electron chi connectivity index (χ4n) is 3.38. The predicted molar refractivity (Wildman–Crippen MR) is 89.8 cm³/mol. The number of carboxylic acid groups (broad SMARTS) is 1. The van der Waals surface area contributed by atoms with Gasteiger partial charge in [0, 0.05) is 13.1 Å². The maximum absolute atomic E-state index is 13.0. The lowest BCUT2D eigenvalue weighted by Gasteiger charge is -2.36. The lowest BCUT2D eigenvalue weighted by molar-refractivity contribution is 0.0691. The highest BCUT2D eigenvalue weighted by Gasteiger charge is 2.37. The van der Waals surface area contributed by atoms with Crippen LogP contribution in [0.4, 0.5) is 0 Å². The summed E-state index contributed by atoms with van der Waals surface area (Å²) >= 11 is 0. The molecule has 2 heterocycles. The first-order valence-corrected chi connectivity index (χ1v) is 9.67. The van der Waals surface area contributed by atoms with Crippen LogP contribution in [0, 0.1) is 13.8 Å². The topological polar surface area (TPSA) is 91.1 Å². The molecule has 1 saturated heterocycles. The van der Waals surface area contributed by atoms with Crippen LogP contribution in [0.2, 0.25) is 0 Å². The Balaban J connectivity index is 2.27. The van der Waals surface area contributed by atoms with E-state index in [4.69, 9.17) is 4.42 Å². The number of furan rings is 1. The number of likely N-dealkylation sites (tertiary alicyclic amines) is 1. The van der Waals surface area contributed by atoms with Crippen LogP contribution in [-0.2, 0) is 10.0 Å². The Morgan fingerprint density at radius 1 is 1.29 bits per heavy atom. The average Bonchev–Trinajstić information content (AvgIpc) is 2.83. The molecule has 136 valence electrons. The number of hydrogen-bond donors (Lipinski definition) is 1. The molecule has 1 fully saturated rings. The third kappa shape index (κ3) is 3.50. The molecule has 0 atom stereocenters. The lowest BCUT2D eigenvalue weighted by Crippen LogP contribution is -2.45. The Labute approximate surface area is 143 Å². The largest absolute Gasteiger partial charge is 0.478 e. The van der Waals surface area contributed by atoms with Crippen molar-refractivity contribution in [2.24, 2.45) is 0 Å². The molecule has 0 spiro atoms. The van der Waals surface area contributed by atoms with Gasteiger partial charge in [0.15, 0.2) is 0 Å². The SMILES string of the molecule is CCCN1CCC(N(C)S(=O)(=O)c2c(C)oc(C)c2C(=O)O)CC1. The molecule has 1 N–H and O–H groups in total. The fourth-order valence-corrected chi connectivity index (χ4v) is 5.17. The number of aryl methyl sites for hydroxylation is 2. The third-order valence-electron chi connectivity index (χ3n) is 4.67. The maximum Gasteiger partial charge on any atom is 0.340 e. The molecule has 1 aliphatic rings. The Morgan fingerprint density at radius 2 is 1.88 bits per heavy atom. The number of rotatable bonds is 6. The van der Waals surface area contributed by atoms with Crippen molar-refractivity contribution in [1.29, 1.82) is 0 Å². The van der Waals surface area contributed by atoms with Gasteiger partial charge in [0.25, 0.3) is 0 Å². The first-order valence-electron chi connectivity index (χ1n) is 8.23. The van der Waals surface area contributed by atoms with E-state index in [9.17, 15) is 18.3 Å². The fraction of sp³-hybridized carbons (Fsp3) is 0.688. The van der Waals surface area contributed by atoms with Gasteiger partial charge in [0.05, 0.1) is 0 Å². The van der Waals surface area contributed by atoms with Gasteiger partial charge in [-0.15, -0.1) is 0 Å². The summed E-state index contributed by atoms with van der Waals surface area (Å²) in [7, 11) is -2.38. The lowest BCUT2D eigenvalue weighted by atomic mass is 10.1. The Morgan fingerprint density at radius 3 is 2.38 bits per heavy atom. The molecule has 2 rings (SSSR count). The number of carboxylic acids is 1. The van der Waals surface area contributed by atoms with Crippen LogP contribution in [0.15, 0.2) is 9.31 Å². The van der Waals surface area contributed by atoms with E-state index in [1.807, 2.05) is 0 Å². The summed E-state index contributed by atoms with van der Waals surface area (Å²) in [4.78, 5) is 13.6. The summed E-state index contributed by atoms with van der Waals surface area (Å²) in [5.41, 5.74) is -0.261. The number of piperidine rings is 1. The minimum absolute atomic E-state index is 0.116. The highest BCUT2D eigenvalue weighted by molar-refractivity contribution is 7.89. The normalized spacial score (nSPS) is 17.5. The van der Waals surface area contributed by atoms with Gasteiger partial charge in [-0.2, -0.15) is 4.31 Å². The van der Waals surface area contributed by atoms with E-state index in [-0.39, 0.29) is 28.0 Å². The van der Waals surface area contributed by atoms with Crippen molar-refractivity contribution in [1.82, 2.24) is 9.21 Å². The van der Waals surface area contributed by atoms with Gasteiger partial charge in [-0.1, -0.05) is 6.92 Å². The van der Waals surface area contributed by atoms with Gasteiger partial charge < -0.3 is 14.4 Å². The number of aromatic carboxylic acids is 1. The molecule has 0 unspecified atom stereocenters. The van der Waals surface area contributed by atoms with Crippen molar-refractivity contribution in [3.8, 4) is 0 Å². The molecule has 1 aromatic rings. The van der Waals surface area contributed by atoms with Crippen molar-refractivity contribution < 1.29 is 22.7 Å². The molecule has 0 bridgehead atoms. The van der Waals surface area contributed by atoms with Gasteiger partial charge in [-0.3, -0.25) is 0 Å². The average molecular weight is 358 g/mol. The third-order valence-corrected chi connectivity index (χ3v) is 6.73. The second kappa shape index (κ2) is 7.25. The van der Waals surface area contributed by atoms with Gasteiger partial charge in [0.1, 0.15) is 22.0 Å². The molecule has 0 saturated carbocycles. The molecule has 1 aromatic heterocycles. The Bertz CT molecular complexity index is 702. The summed E-state index contributed by atoms with van der Waals surface area (Å²) in [6, 6.07) is -0.126. The minimum atomic E-state index is -3.91. The second-order valence-corrected chi connectivity index (χ2v) is 8.25. The molecule has 7 nitrogen and oxygen atoms in total. The van der Waals surface area contributed by atoms with E-state index in [0.29, 0.717) is 0 Å². The van der Waals surface area contributed by atoms with Crippen molar-refractivity contribution in [3.63, 3.8) is 0 Å². The van der Waals surface area contributed by atoms with Crippen LogP contribution < -0.4 is 0 Å². The summed E-state index contributed by atoms with van der Waals surface area (Å²) in [6.07, 6.45) is 2.57.